The Kier molecular flexibility index (Phi) is 5.11. The zero-order valence-electron chi connectivity index (χ0n) is 13.3. The molecule has 6 heteroatoms. The molecule has 2 N–H and O–H groups in total. The summed E-state index contributed by atoms with van der Waals surface area (Å²) in [6.07, 6.45) is 4.76. The number of carbonyl (C=O) groups excluding carboxylic acids is 2. The van der Waals surface area contributed by atoms with Gasteiger partial charge in [0.2, 0.25) is 0 Å². The number of rotatable bonds is 4. The van der Waals surface area contributed by atoms with Crippen molar-refractivity contribution >= 4 is 28.8 Å². The highest BCUT2D eigenvalue weighted by Crippen LogP contribution is 2.14. The standard InChI is InChI=1S/C19H16N4O2/c24-18(21-12-15-4-3-9-20-11-15)19(25)23-22-13-14-7-8-16-5-1-2-6-17(16)10-14/h1-11,13H,12H2,(H,21,24)(H,23,25)/b22-13+. The fourth-order valence-corrected chi connectivity index (χ4v) is 2.27. The average molecular weight is 332 g/mol. The Morgan fingerprint density at radius 2 is 1.84 bits per heavy atom. The van der Waals surface area contributed by atoms with Crippen LogP contribution in [0.3, 0.4) is 0 Å². The van der Waals surface area contributed by atoms with Crippen molar-refractivity contribution in [3.05, 3.63) is 78.1 Å². The zero-order chi connectivity index (χ0) is 17.5. The molecule has 0 unspecified atom stereocenters. The van der Waals surface area contributed by atoms with E-state index in [1.807, 2.05) is 48.5 Å². The molecule has 0 saturated heterocycles. The van der Waals surface area contributed by atoms with E-state index in [0.717, 1.165) is 21.9 Å². The highest BCUT2D eigenvalue weighted by Gasteiger charge is 2.11. The molecule has 6 nitrogen and oxygen atoms in total. The second-order valence-corrected chi connectivity index (χ2v) is 5.35. The first kappa shape index (κ1) is 16.3. The summed E-state index contributed by atoms with van der Waals surface area (Å²) < 4.78 is 0. The summed E-state index contributed by atoms with van der Waals surface area (Å²) in [7, 11) is 0. The van der Waals surface area contributed by atoms with Gasteiger partial charge in [-0.25, -0.2) is 5.43 Å². The van der Waals surface area contributed by atoms with Gasteiger partial charge in [-0.2, -0.15) is 5.10 Å². The van der Waals surface area contributed by atoms with Crippen LogP contribution in [0, 0.1) is 0 Å². The van der Waals surface area contributed by atoms with Gasteiger partial charge in [-0.1, -0.05) is 42.5 Å². The third kappa shape index (κ3) is 4.48. The monoisotopic (exact) mass is 332 g/mol. The zero-order valence-corrected chi connectivity index (χ0v) is 13.3. The topological polar surface area (TPSA) is 83.5 Å². The van der Waals surface area contributed by atoms with Gasteiger partial charge in [0.15, 0.2) is 0 Å². The minimum absolute atomic E-state index is 0.231. The van der Waals surface area contributed by atoms with Gasteiger partial charge >= 0.3 is 11.8 Å². The minimum atomic E-state index is -0.819. The number of nitrogens with zero attached hydrogens (tertiary/aromatic N) is 2. The summed E-state index contributed by atoms with van der Waals surface area (Å²) in [5.74, 6) is -1.57. The molecule has 0 aliphatic rings. The Balaban J connectivity index is 1.53. The lowest BCUT2D eigenvalue weighted by Gasteiger charge is -2.03. The maximum Gasteiger partial charge on any atom is 0.329 e. The Morgan fingerprint density at radius 3 is 2.64 bits per heavy atom. The maximum absolute atomic E-state index is 11.7. The molecule has 0 spiro atoms. The fourth-order valence-electron chi connectivity index (χ4n) is 2.27. The van der Waals surface area contributed by atoms with Crippen molar-refractivity contribution in [1.29, 1.82) is 0 Å². The molecule has 3 aromatic rings. The lowest BCUT2D eigenvalue weighted by molar-refractivity contribution is -0.139. The van der Waals surface area contributed by atoms with Crippen LogP contribution >= 0.6 is 0 Å². The largest absolute Gasteiger partial charge is 0.344 e. The van der Waals surface area contributed by atoms with Crippen molar-refractivity contribution in [2.24, 2.45) is 5.10 Å². The Labute approximate surface area is 144 Å². The number of benzene rings is 2. The molecule has 3 rings (SSSR count). The molecule has 2 amide bonds. The molecule has 0 atom stereocenters. The van der Waals surface area contributed by atoms with E-state index in [1.165, 1.54) is 6.21 Å². The number of nitrogens with one attached hydrogen (secondary N) is 2. The molecule has 2 aromatic carbocycles. The first-order valence-electron chi connectivity index (χ1n) is 7.71. The van der Waals surface area contributed by atoms with Crippen LogP contribution in [-0.2, 0) is 16.1 Å². The Hall–Kier alpha value is -3.54. The minimum Gasteiger partial charge on any atom is -0.344 e. The van der Waals surface area contributed by atoms with E-state index in [-0.39, 0.29) is 6.54 Å². The van der Waals surface area contributed by atoms with Crippen LogP contribution < -0.4 is 10.7 Å². The molecular weight excluding hydrogens is 316 g/mol. The Morgan fingerprint density at radius 1 is 1.00 bits per heavy atom. The normalized spacial score (nSPS) is 10.7. The molecule has 0 fully saturated rings. The van der Waals surface area contributed by atoms with E-state index in [2.05, 4.69) is 20.8 Å². The summed E-state index contributed by atoms with van der Waals surface area (Å²) in [5, 5.41) is 8.53. The van der Waals surface area contributed by atoms with Crippen molar-refractivity contribution in [2.75, 3.05) is 0 Å². The van der Waals surface area contributed by atoms with Crippen molar-refractivity contribution in [1.82, 2.24) is 15.7 Å². The van der Waals surface area contributed by atoms with Gasteiger partial charge in [0.1, 0.15) is 0 Å². The first-order chi connectivity index (χ1) is 12.2. The number of hydrogen-bond donors (Lipinski definition) is 2. The summed E-state index contributed by atoms with van der Waals surface area (Å²) in [5.41, 5.74) is 3.86. The second kappa shape index (κ2) is 7.83. The van der Waals surface area contributed by atoms with Crippen LogP contribution in [0.2, 0.25) is 0 Å². The predicted molar refractivity (Wildman–Crippen MR) is 95.8 cm³/mol. The van der Waals surface area contributed by atoms with Crippen LogP contribution in [0.4, 0.5) is 0 Å². The summed E-state index contributed by atoms with van der Waals surface area (Å²) in [6.45, 7) is 0.231. The molecule has 0 radical (unpaired) electrons. The van der Waals surface area contributed by atoms with E-state index in [0.29, 0.717) is 0 Å². The molecule has 1 heterocycles. The third-order valence-electron chi connectivity index (χ3n) is 3.54. The number of amides is 2. The number of carbonyl (C=O) groups is 2. The summed E-state index contributed by atoms with van der Waals surface area (Å²) >= 11 is 0. The molecule has 0 saturated carbocycles. The number of fused-ring (bicyclic) bond motifs is 1. The van der Waals surface area contributed by atoms with Gasteiger partial charge in [0.05, 0.1) is 6.21 Å². The van der Waals surface area contributed by atoms with Gasteiger partial charge < -0.3 is 5.32 Å². The molecule has 1 aromatic heterocycles. The quantitative estimate of drug-likeness (QED) is 0.435. The van der Waals surface area contributed by atoms with Crippen molar-refractivity contribution in [3.63, 3.8) is 0 Å². The van der Waals surface area contributed by atoms with Gasteiger partial charge in [-0.05, 0) is 34.0 Å². The molecule has 124 valence electrons. The summed E-state index contributed by atoms with van der Waals surface area (Å²) in [6, 6.07) is 17.3. The van der Waals surface area contributed by atoms with Crippen molar-refractivity contribution in [2.45, 2.75) is 6.54 Å². The lowest BCUT2D eigenvalue weighted by Crippen LogP contribution is -2.37. The SMILES string of the molecule is O=C(NCc1cccnc1)C(=O)N/N=C/c1ccc2ccccc2c1. The first-order valence-corrected chi connectivity index (χ1v) is 7.71. The molecule has 0 aliphatic carbocycles. The average Bonchev–Trinajstić information content (AvgIpc) is 2.66. The lowest BCUT2D eigenvalue weighted by atomic mass is 10.1. The van der Waals surface area contributed by atoms with E-state index < -0.39 is 11.8 Å². The number of pyridine rings is 1. The van der Waals surface area contributed by atoms with E-state index in [9.17, 15) is 9.59 Å². The van der Waals surface area contributed by atoms with Crippen molar-refractivity contribution < 1.29 is 9.59 Å². The number of hydrogen-bond acceptors (Lipinski definition) is 4. The van der Waals surface area contributed by atoms with Crippen LogP contribution in [0.15, 0.2) is 72.1 Å². The van der Waals surface area contributed by atoms with Gasteiger partial charge in [-0.3, -0.25) is 14.6 Å². The predicted octanol–water partition coefficient (Wildman–Crippen LogP) is 2.00. The highest BCUT2D eigenvalue weighted by molar-refractivity contribution is 6.35. The second-order valence-electron chi connectivity index (χ2n) is 5.35. The maximum atomic E-state index is 11.7. The number of hydrazone groups is 1. The molecular formula is C19H16N4O2. The smallest absolute Gasteiger partial charge is 0.329 e. The van der Waals surface area contributed by atoms with Crippen molar-refractivity contribution in [3.8, 4) is 0 Å². The summed E-state index contributed by atoms with van der Waals surface area (Å²) in [4.78, 5) is 27.4. The van der Waals surface area contributed by atoms with Crippen LogP contribution in [-0.4, -0.2) is 23.0 Å². The van der Waals surface area contributed by atoms with E-state index >= 15 is 0 Å². The number of aromatic nitrogens is 1. The van der Waals surface area contributed by atoms with Crippen LogP contribution in [0.1, 0.15) is 11.1 Å². The van der Waals surface area contributed by atoms with Crippen LogP contribution in [0.25, 0.3) is 10.8 Å². The molecule has 25 heavy (non-hydrogen) atoms. The highest BCUT2D eigenvalue weighted by atomic mass is 16.2. The van der Waals surface area contributed by atoms with E-state index in [4.69, 9.17) is 0 Å². The Bertz CT molecular complexity index is 923. The van der Waals surface area contributed by atoms with Crippen LogP contribution in [0.5, 0.6) is 0 Å². The van der Waals surface area contributed by atoms with Gasteiger partial charge in [0, 0.05) is 18.9 Å². The molecule has 0 aliphatic heterocycles. The van der Waals surface area contributed by atoms with E-state index in [1.54, 1.807) is 18.5 Å². The van der Waals surface area contributed by atoms with Gasteiger partial charge in [-0.15, -0.1) is 0 Å². The van der Waals surface area contributed by atoms with Gasteiger partial charge in [0.25, 0.3) is 0 Å². The molecule has 0 bridgehead atoms. The third-order valence-corrected chi connectivity index (χ3v) is 3.54. The fraction of sp³-hybridized carbons (Fsp3) is 0.0526.